The lowest BCUT2D eigenvalue weighted by Crippen LogP contribution is -2.30. The number of rotatable bonds is 4. The van der Waals surface area contributed by atoms with Crippen molar-refractivity contribution in [2.75, 3.05) is 6.54 Å². The Balaban J connectivity index is 2.16. The van der Waals surface area contributed by atoms with E-state index in [1.54, 1.807) is 11.1 Å². The minimum atomic E-state index is -0.653. The molecule has 0 saturated carbocycles. The predicted molar refractivity (Wildman–Crippen MR) is 68.8 cm³/mol. The van der Waals surface area contributed by atoms with Gasteiger partial charge in [0.1, 0.15) is 0 Å². The van der Waals surface area contributed by atoms with Crippen LogP contribution in [0.2, 0.25) is 0 Å². The largest absolute Gasteiger partial charge is 0.333 e. The number of hydrogen-bond acceptors (Lipinski definition) is 3. The minimum absolute atomic E-state index is 0.227. The van der Waals surface area contributed by atoms with Crippen LogP contribution in [0.3, 0.4) is 0 Å². The SMILES string of the molecule is CCN(Cc1ccccn1)C(=O)c1ccnc(F)c1. The number of aromatic nitrogens is 2. The fraction of sp³-hybridized carbons (Fsp3) is 0.214. The summed E-state index contributed by atoms with van der Waals surface area (Å²) in [6.07, 6.45) is 2.97. The van der Waals surface area contributed by atoms with E-state index >= 15 is 0 Å². The molecule has 2 heterocycles. The third-order valence-electron chi connectivity index (χ3n) is 2.72. The quantitative estimate of drug-likeness (QED) is 0.791. The van der Waals surface area contributed by atoms with Crippen LogP contribution in [-0.2, 0) is 6.54 Å². The predicted octanol–water partition coefficient (Wildman–Crippen LogP) is 2.28. The lowest BCUT2D eigenvalue weighted by molar-refractivity contribution is 0.0750. The van der Waals surface area contributed by atoms with Crippen LogP contribution >= 0.6 is 0 Å². The standard InChI is InChI=1S/C14H14FN3O/c1-2-18(10-12-5-3-4-7-16-12)14(19)11-6-8-17-13(15)9-11/h3-9H,2,10H2,1H3. The Kier molecular flexibility index (Phi) is 4.18. The average molecular weight is 259 g/mol. The number of carbonyl (C=O) groups is 1. The third-order valence-corrected chi connectivity index (χ3v) is 2.72. The van der Waals surface area contributed by atoms with E-state index in [1.165, 1.54) is 12.3 Å². The highest BCUT2D eigenvalue weighted by atomic mass is 19.1. The lowest BCUT2D eigenvalue weighted by Gasteiger charge is -2.20. The molecule has 2 aromatic heterocycles. The van der Waals surface area contributed by atoms with E-state index in [4.69, 9.17) is 0 Å². The van der Waals surface area contributed by atoms with Crippen molar-refractivity contribution in [1.82, 2.24) is 14.9 Å². The number of halogens is 1. The summed E-state index contributed by atoms with van der Waals surface area (Å²) in [6.45, 7) is 2.80. The summed E-state index contributed by atoms with van der Waals surface area (Å²) in [5.74, 6) is -0.880. The molecule has 0 aliphatic heterocycles. The molecule has 0 aliphatic rings. The highest BCUT2D eigenvalue weighted by Gasteiger charge is 2.15. The van der Waals surface area contributed by atoms with E-state index < -0.39 is 5.95 Å². The van der Waals surface area contributed by atoms with E-state index in [2.05, 4.69) is 9.97 Å². The van der Waals surface area contributed by atoms with Crippen LogP contribution < -0.4 is 0 Å². The number of hydrogen-bond donors (Lipinski definition) is 0. The molecule has 0 saturated heterocycles. The Morgan fingerprint density at radius 1 is 1.26 bits per heavy atom. The van der Waals surface area contributed by atoms with E-state index in [0.29, 0.717) is 18.7 Å². The molecule has 0 fully saturated rings. The first-order valence-electron chi connectivity index (χ1n) is 6.01. The number of pyridine rings is 2. The summed E-state index contributed by atoms with van der Waals surface area (Å²) in [5.41, 5.74) is 1.09. The van der Waals surface area contributed by atoms with Gasteiger partial charge in [0.25, 0.3) is 5.91 Å². The van der Waals surface area contributed by atoms with Crippen LogP contribution in [0.15, 0.2) is 42.7 Å². The summed E-state index contributed by atoms with van der Waals surface area (Å²) in [6, 6.07) is 8.19. The monoisotopic (exact) mass is 259 g/mol. The van der Waals surface area contributed by atoms with Gasteiger partial charge in [0, 0.05) is 30.6 Å². The lowest BCUT2D eigenvalue weighted by atomic mass is 10.2. The second kappa shape index (κ2) is 6.04. The summed E-state index contributed by atoms with van der Waals surface area (Å²) in [7, 11) is 0. The van der Waals surface area contributed by atoms with Crippen LogP contribution in [0.4, 0.5) is 4.39 Å². The maximum Gasteiger partial charge on any atom is 0.254 e. The summed E-state index contributed by atoms with van der Waals surface area (Å²) in [4.78, 5) is 21.5. The zero-order valence-electron chi connectivity index (χ0n) is 10.6. The van der Waals surface area contributed by atoms with Crippen molar-refractivity contribution < 1.29 is 9.18 Å². The molecule has 0 bridgehead atoms. The zero-order chi connectivity index (χ0) is 13.7. The molecule has 0 radical (unpaired) electrons. The van der Waals surface area contributed by atoms with Crippen molar-refractivity contribution in [2.45, 2.75) is 13.5 Å². The fourth-order valence-corrected chi connectivity index (χ4v) is 1.73. The fourth-order valence-electron chi connectivity index (χ4n) is 1.73. The molecule has 0 aliphatic carbocycles. The molecule has 5 heteroatoms. The van der Waals surface area contributed by atoms with Crippen LogP contribution in [0.1, 0.15) is 23.0 Å². The molecule has 0 atom stereocenters. The molecule has 19 heavy (non-hydrogen) atoms. The van der Waals surface area contributed by atoms with Crippen LogP contribution in [-0.4, -0.2) is 27.3 Å². The van der Waals surface area contributed by atoms with Gasteiger partial charge in [0.15, 0.2) is 0 Å². The van der Waals surface area contributed by atoms with Crippen molar-refractivity contribution in [3.63, 3.8) is 0 Å². The molecule has 0 N–H and O–H groups in total. The highest BCUT2D eigenvalue weighted by molar-refractivity contribution is 5.94. The van der Waals surface area contributed by atoms with E-state index in [-0.39, 0.29) is 5.91 Å². The number of carbonyl (C=O) groups excluding carboxylic acids is 1. The maximum atomic E-state index is 13.0. The second-order valence-corrected chi connectivity index (χ2v) is 4.01. The van der Waals surface area contributed by atoms with E-state index in [9.17, 15) is 9.18 Å². The van der Waals surface area contributed by atoms with Crippen molar-refractivity contribution in [1.29, 1.82) is 0 Å². The minimum Gasteiger partial charge on any atom is -0.333 e. The first-order valence-corrected chi connectivity index (χ1v) is 6.01. The first kappa shape index (κ1) is 13.1. The van der Waals surface area contributed by atoms with Gasteiger partial charge in [-0.05, 0) is 25.1 Å². The molecule has 0 unspecified atom stereocenters. The van der Waals surface area contributed by atoms with Crippen LogP contribution in [0.25, 0.3) is 0 Å². The third kappa shape index (κ3) is 3.34. The van der Waals surface area contributed by atoms with Crippen LogP contribution in [0, 0.1) is 5.95 Å². The van der Waals surface area contributed by atoms with Gasteiger partial charge < -0.3 is 4.90 Å². The molecule has 4 nitrogen and oxygen atoms in total. The first-order chi connectivity index (χ1) is 9.20. The van der Waals surface area contributed by atoms with Gasteiger partial charge in [-0.25, -0.2) is 4.98 Å². The topological polar surface area (TPSA) is 46.1 Å². The molecular weight excluding hydrogens is 245 g/mol. The molecule has 0 spiro atoms. The van der Waals surface area contributed by atoms with Gasteiger partial charge in [-0.1, -0.05) is 6.07 Å². The van der Waals surface area contributed by atoms with E-state index in [0.717, 1.165) is 11.8 Å². The Hall–Kier alpha value is -2.30. The molecule has 2 rings (SSSR count). The molecule has 1 amide bonds. The van der Waals surface area contributed by atoms with Gasteiger partial charge in [0.05, 0.1) is 12.2 Å². The maximum absolute atomic E-state index is 13.0. The smallest absolute Gasteiger partial charge is 0.254 e. The summed E-state index contributed by atoms with van der Waals surface area (Å²) in [5, 5.41) is 0. The van der Waals surface area contributed by atoms with Gasteiger partial charge in [0.2, 0.25) is 5.95 Å². The summed E-state index contributed by atoms with van der Waals surface area (Å²) >= 11 is 0. The van der Waals surface area contributed by atoms with Gasteiger partial charge in [-0.3, -0.25) is 9.78 Å². The van der Waals surface area contributed by atoms with E-state index in [1.807, 2.05) is 25.1 Å². The zero-order valence-corrected chi connectivity index (χ0v) is 10.6. The van der Waals surface area contributed by atoms with Gasteiger partial charge in [-0.15, -0.1) is 0 Å². The van der Waals surface area contributed by atoms with Gasteiger partial charge in [-0.2, -0.15) is 4.39 Å². The Bertz CT molecular complexity index is 560. The molecule has 2 aromatic rings. The van der Waals surface area contributed by atoms with Crippen molar-refractivity contribution in [3.8, 4) is 0 Å². The van der Waals surface area contributed by atoms with Gasteiger partial charge >= 0.3 is 0 Å². The van der Waals surface area contributed by atoms with Crippen LogP contribution in [0.5, 0.6) is 0 Å². The molecular formula is C14H14FN3O. The van der Waals surface area contributed by atoms with Crippen molar-refractivity contribution >= 4 is 5.91 Å². The molecule has 0 aromatic carbocycles. The Morgan fingerprint density at radius 2 is 2.11 bits per heavy atom. The summed E-state index contributed by atoms with van der Waals surface area (Å²) < 4.78 is 13.0. The van der Waals surface area contributed by atoms with Crippen molar-refractivity contribution in [2.24, 2.45) is 0 Å². The molecule has 98 valence electrons. The average Bonchev–Trinajstić information content (AvgIpc) is 2.45. The highest BCUT2D eigenvalue weighted by Crippen LogP contribution is 2.08. The second-order valence-electron chi connectivity index (χ2n) is 4.01. The Labute approximate surface area is 110 Å². The normalized spacial score (nSPS) is 10.2. The Morgan fingerprint density at radius 3 is 2.74 bits per heavy atom. The number of nitrogens with zero attached hydrogens (tertiary/aromatic N) is 3. The van der Waals surface area contributed by atoms with Crippen molar-refractivity contribution in [3.05, 3.63) is 59.9 Å². The number of amides is 1.